The monoisotopic (exact) mass is 310 g/mol. The maximum atomic E-state index is 4.26. The predicted molar refractivity (Wildman–Crippen MR) is 76.2 cm³/mol. The SMILES string of the molecule is CC(C)(C)Cc1nnc(-c2ccc(Br)cc2)s1. The lowest BCUT2D eigenvalue weighted by Gasteiger charge is -2.14. The summed E-state index contributed by atoms with van der Waals surface area (Å²) in [6.45, 7) is 6.65. The Morgan fingerprint density at radius 3 is 2.35 bits per heavy atom. The van der Waals surface area contributed by atoms with E-state index >= 15 is 0 Å². The first-order chi connectivity index (χ1) is 7.94. The summed E-state index contributed by atoms with van der Waals surface area (Å²) < 4.78 is 1.08. The van der Waals surface area contributed by atoms with Crippen molar-refractivity contribution in [2.24, 2.45) is 5.41 Å². The van der Waals surface area contributed by atoms with Crippen molar-refractivity contribution < 1.29 is 0 Å². The third-order valence-electron chi connectivity index (χ3n) is 2.24. The summed E-state index contributed by atoms with van der Waals surface area (Å²) in [5.74, 6) is 0. The van der Waals surface area contributed by atoms with Gasteiger partial charge >= 0.3 is 0 Å². The van der Waals surface area contributed by atoms with Gasteiger partial charge in [0.05, 0.1) is 0 Å². The molecule has 2 nitrogen and oxygen atoms in total. The van der Waals surface area contributed by atoms with Crippen molar-refractivity contribution >= 4 is 27.3 Å². The molecule has 0 N–H and O–H groups in total. The molecular formula is C13H15BrN2S. The molecule has 0 aliphatic heterocycles. The molecule has 4 heteroatoms. The molecule has 0 amide bonds. The second-order valence-corrected chi connectivity index (χ2v) is 7.22. The zero-order valence-electron chi connectivity index (χ0n) is 10.2. The van der Waals surface area contributed by atoms with E-state index in [1.54, 1.807) is 11.3 Å². The van der Waals surface area contributed by atoms with E-state index in [-0.39, 0.29) is 5.41 Å². The highest BCUT2D eigenvalue weighted by atomic mass is 79.9. The number of halogens is 1. The zero-order valence-corrected chi connectivity index (χ0v) is 12.6. The highest BCUT2D eigenvalue weighted by Crippen LogP contribution is 2.28. The van der Waals surface area contributed by atoms with Crippen molar-refractivity contribution in [2.45, 2.75) is 27.2 Å². The van der Waals surface area contributed by atoms with Crippen LogP contribution in [0.5, 0.6) is 0 Å². The van der Waals surface area contributed by atoms with Crippen molar-refractivity contribution in [1.29, 1.82) is 0 Å². The number of aromatic nitrogens is 2. The van der Waals surface area contributed by atoms with E-state index in [0.29, 0.717) is 0 Å². The quantitative estimate of drug-likeness (QED) is 0.813. The molecule has 0 saturated heterocycles. The maximum absolute atomic E-state index is 4.26. The summed E-state index contributed by atoms with van der Waals surface area (Å²) in [6, 6.07) is 8.18. The molecule has 0 aliphatic carbocycles. The Balaban J connectivity index is 2.21. The molecule has 0 radical (unpaired) electrons. The van der Waals surface area contributed by atoms with E-state index in [1.807, 2.05) is 12.1 Å². The van der Waals surface area contributed by atoms with Gasteiger partial charge in [-0.2, -0.15) is 0 Å². The lowest BCUT2D eigenvalue weighted by molar-refractivity contribution is 0.409. The van der Waals surface area contributed by atoms with E-state index < -0.39 is 0 Å². The normalized spacial score (nSPS) is 11.8. The fourth-order valence-corrected chi connectivity index (χ4v) is 2.90. The van der Waals surface area contributed by atoms with Crippen LogP contribution in [0.3, 0.4) is 0 Å². The van der Waals surface area contributed by atoms with E-state index in [9.17, 15) is 0 Å². The summed E-state index contributed by atoms with van der Waals surface area (Å²) in [7, 11) is 0. The van der Waals surface area contributed by atoms with Gasteiger partial charge in [0, 0.05) is 16.5 Å². The molecule has 0 saturated carbocycles. The number of hydrogen-bond acceptors (Lipinski definition) is 3. The predicted octanol–water partition coefficient (Wildman–Crippen LogP) is 4.56. The minimum Gasteiger partial charge on any atom is -0.143 e. The molecule has 17 heavy (non-hydrogen) atoms. The molecule has 1 aromatic heterocycles. The topological polar surface area (TPSA) is 25.8 Å². The fourth-order valence-electron chi connectivity index (χ4n) is 1.49. The van der Waals surface area contributed by atoms with Crippen LogP contribution in [0, 0.1) is 5.41 Å². The molecule has 0 aliphatic rings. The Bertz CT molecular complexity index is 497. The molecule has 2 aromatic rings. The van der Waals surface area contributed by atoms with Crippen LogP contribution >= 0.6 is 27.3 Å². The van der Waals surface area contributed by atoms with Crippen molar-refractivity contribution in [3.63, 3.8) is 0 Å². The lowest BCUT2D eigenvalue weighted by atomic mass is 9.93. The molecular weight excluding hydrogens is 296 g/mol. The van der Waals surface area contributed by atoms with Gasteiger partial charge in [-0.1, -0.05) is 60.2 Å². The number of benzene rings is 1. The molecule has 1 heterocycles. The molecule has 1 aromatic carbocycles. The Kier molecular flexibility index (Phi) is 3.64. The standard InChI is InChI=1S/C13H15BrN2S/c1-13(2,3)8-11-15-16-12(17-11)9-4-6-10(14)7-5-9/h4-7H,8H2,1-3H3. The van der Waals surface area contributed by atoms with Crippen molar-refractivity contribution in [3.8, 4) is 10.6 Å². The van der Waals surface area contributed by atoms with Crippen LogP contribution in [-0.4, -0.2) is 10.2 Å². The third-order valence-corrected chi connectivity index (χ3v) is 3.74. The molecule has 0 unspecified atom stereocenters. The minimum absolute atomic E-state index is 0.260. The van der Waals surface area contributed by atoms with Gasteiger partial charge in [0.1, 0.15) is 10.0 Å². The van der Waals surface area contributed by atoms with Crippen molar-refractivity contribution in [1.82, 2.24) is 10.2 Å². The van der Waals surface area contributed by atoms with Gasteiger partial charge in [0.15, 0.2) is 0 Å². The van der Waals surface area contributed by atoms with Gasteiger partial charge in [-0.25, -0.2) is 0 Å². The van der Waals surface area contributed by atoms with E-state index in [4.69, 9.17) is 0 Å². The van der Waals surface area contributed by atoms with Crippen LogP contribution < -0.4 is 0 Å². The average Bonchev–Trinajstić information content (AvgIpc) is 2.64. The van der Waals surface area contributed by atoms with Gasteiger partial charge in [-0.15, -0.1) is 10.2 Å². The first-order valence-electron chi connectivity index (χ1n) is 5.52. The molecule has 90 valence electrons. The van der Waals surface area contributed by atoms with Crippen LogP contribution in [-0.2, 0) is 6.42 Å². The molecule has 2 rings (SSSR count). The number of hydrogen-bond donors (Lipinski definition) is 0. The summed E-state index contributed by atoms with van der Waals surface area (Å²) >= 11 is 5.11. The second-order valence-electron chi connectivity index (χ2n) is 5.25. The Hall–Kier alpha value is -0.740. The molecule has 0 spiro atoms. The highest BCUT2D eigenvalue weighted by Gasteiger charge is 2.15. The fraction of sp³-hybridized carbons (Fsp3) is 0.385. The summed E-state index contributed by atoms with van der Waals surface area (Å²) in [5.41, 5.74) is 1.39. The van der Waals surface area contributed by atoms with Gasteiger partial charge < -0.3 is 0 Å². The van der Waals surface area contributed by atoms with Gasteiger partial charge in [0.25, 0.3) is 0 Å². The number of nitrogens with zero attached hydrogens (tertiary/aromatic N) is 2. The van der Waals surface area contributed by atoms with Crippen LogP contribution in [0.1, 0.15) is 25.8 Å². The Morgan fingerprint density at radius 2 is 1.76 bits per heavy atom. The smallest absolute Gasteiger partial charge is 0.143 e. The largest absolute Gasteiger partial charge is 0.147 e. The van der Waals surface area contributed by atoms with Crippen LogP contribution in [0.4, 0.5) is 0 Å². The van der Waals surface area contributed by atoms with Crippen LogP contribution in [0.25, 0.3) is 10.6 Å². The second kappa shape index (κ2) is 4.86. The Labute approximate surface area is 114 Å². The first kappa shape index (κ1) is 12.7. The maximum Gasteiger partial charge on any atom is 0.147 e. The highest BCUT2D eigenvalue weighted by molar-refractivity contribution is 9.10. The summed E-state index contributed by atoms with van der Waals surface area (Å²) in [5, 5.41) is 10.6. The van der Waals surface area contributed by atoms with E-state index in [0.717, 1.165) is 26.5 Å². The van der Waals surface area contributed by atoms with Gasteiger partial charge in [0.2, 0.25) is 0 Å². The van der Waals surface area contributed by atoms with Gasteiger partial charge in [-0.3, -0.25) is 0 Å². The Morgan fingerprint density at radius 1 is 1.12 bits per heavy atom. The van der Waals surface area contributed by atoms with Crippen molar-refractivity contribution in [2.75, 3.05) is 0 Å². The van der Waals surface area contributed by atoms with E-state index in [2.05, 4.69) is 59.0 Å². The minimum atomic E-state index is 0.260. The lowest BCUT2D eigenvalue weighted by Crippen LogP contribution is -2.08. The van der Waals surface area contributed by atoms with Gasteiger partial charge in [-0.05, 0) is 17.5 Å². The van der Waals surface area contributed by atoms with Crippen LogP contribution in [0.2, 0.25) is 0 Å². The summed E-state index contributed by atoms with van der Waals surface area (Å²) in [6.07, 6.45) is 0.973. The average molecular weight is 311 g/mol. The number of rotatable bonds is 2. The van der Waals surface area contributed by atoms with E-state index in [1.165, 1.54) is 0 Å². The van der Waals surface area contributed by atoms with Crippen LogP contribution in [0.15, 0.2) is 28.7 Å². The third kappa shape index (κ3) is 3.61. The molecule has 0 fully saturated rings. The van der Waals surface area contributed by atoms with Crippen molar-refractivity contribution in [3.05, 3.63) is 33.7 Å². The zero-order chi connectivity index (χ0) is 12.5. The molecule has 0 atom stereocenters. The summed E-state index contributed by atoms with van der Waals surface area (Å²) in [4.78, 5) is 0. The first-order valence-corrected chi connectivity index (χ1v) is 7.13. The molecule has 0 bridgehead atoms.